The Bertz CT molecular complexity index is 1770. The summed E-state index contributed by atoms with van der Waals surface area (Å²) in [6.45, 7) is 6.96. The molecule has 326 valence electrons. The Morgan fingerprint density at radius 3 is 0.862 bits per heavy atom. The molecule has 0 fully saturated rings. The molecule has 0 atom stereocenters. The van der Waals surface area contributed by atoms with Gasteiger partial charge < -0.3 is 0 Å². The van der Waals surface area contributed by atoms with E-state index in [2.05, 4.69) is 99.6 Å². The number of unbranched alkanes of at least 4 members (excludes halogenated alkanes) is 26. The molecule has 5 rings (SSSR count). The number of benzene rings is 1. The molecule has 4 aromatic heterocycles. The van der Waals surface area contributed by atoms with Crippen LogP contribution in [0, 0.1) is 0 Å². The first-order valence-electron chi connectivity index (χ1n) is 25.1. The third-order valence-corrected chi connectivity index (χ3v) is 34.3. The quantitative estimate of drug-likeness (QED) is 0.0300. The van der Waals surface area contributed by atoms with E-state index >= 15 is 0 Å². The molecule has 0 N–H and O–H groups in total. The van der Waals surface area contributed by atoms with Gasteiger partial charge in [0.2, 0.25) is 0 Å². The number of hydrogen-bond donors (Lipinski definition) is 0. The van der Waals surface area contributed by atoms with Crippen LogP contribution in [0.4, 0.5) is 0 Å². The van der Waals surface area contributed by atoms with E-state index < -0.39 is 36.8 Å². The molecule has 2 nitrogen and oxygen atoms in total. The third kappa shape index (κ3) is 14.4. The molecule has 0 aliphatic heterocycles. The van der Waals surface area contributed by atoms with Gasteiger partial charge >= 0.3 is 273 Å². The number of thiophene rings is 2. The fourth-order valence-corrected chi connectivity index (χ4v) is 22.1. The molecule has 0 aliphatic carbocycles. The Labute approximate surface area is 373 Å². The second kappa shape index (κ2) is 25.2. The first kappa shape index (κ1) is 48.8. The van der Waals surface area contributed by atoms with E-state index in [0.29, 0.717) is 0 Å². The minimum absolute atomic E-state index is 1.16. The van der Waals surface area contributed by atoms with Crippen LogP contribution in [0.15, 0.2) is 24.3 Å². The van der Waals surface area contributed by atoms with Crippen molar-refractivity contribution < 1.29 is 0 Å². The summed E-state index contributed by atoms with van der Waals surface area (Å²) in [6.07, 6.45) is 39.8. The standard InChI is InChI=1S/C46H70N2S2.6CH3.2Sn/c1-3-5-7-9-11-13-15-17-19-21-23-25-27-29-33-47-41-31-35-49-45(41)39-38-44-40(37-43(39)47)46-42(32-36-50-46)48(44)34-30-28-26-24-22-20-18-16-14-12-10-8-6-4-2;;;;;;;;/h31-32,37-38H,3-30,33-34H2,1-2H3;6*1H3;;. The van der Waals surface area contributed by atoms with Crippen molar-refractivity contribution in [3.05, 3.63) is 24.3 Å². The van der Waals surface area contributed by atoms with E-state index in [1.54, 1.807) is 15.2 Å². The van der Waals surface area contributed by atoms with Gasteiger partial charge in [-0.3, -0.25) is 0 Å². The summed E-state index contributed by atoms with van der Waals surface area (Å²) >= 11 is -0.114. The number of aromatic nitrogens is 2. The van der Waals surface area contributed by atoms with Gasteiger partial charge in [-0.05, 0) is 0 Å². The number of fused-ring (bicyclic) bond motifs is 6. The normalized spacial score (nSPS) is 12.8. The van der Waals surface area contributed by atoms with Crippen molar-refractivity contribution in [2.75, 3.05) is 0 Å². The second-order valence-electron chi connectivity index (χ2n) is 20.5. The molecule has 1 aromatic carbocycles. The van der Waals surface area contributed by atoms with Crippen molar-refractivity contribution in [1.82, 2.24) is 9.13 Å². The Hall–Kier alpha value is -0.183. The monoisotopic (exact) mass is 1040 g/mol. The van der Waals surface area contributed by atoms with Crippen molar-refractivity contribution in [3.8, 4) is 0 Å². The van der Waals surface area contributed by atoms with Gasteiger partial charge in [0.05, 0.1) is 0 Å². The zero-order chi connectivity index (χ0) is 41.4. The molecular weight excluding hydrogens is 954 g/mol. The molecule has 6 heteroatoms. The SMILES string of the molecule is CCCCCCCCCCCCCCCCn1c2cc3c4s[c]([Sn]([CH3])([CH3])[CH3])cc4n(CCCCCCCCCCCCCCCC)c3cc2c2s[c]([Sn]([CH3])([CH3])[CH3])cc21. The molecule has 0 bridgehead atoms. The summed E-state index contributed by atoms with van der Waals surface area (Å²) in [5.74, 6) is 0. The number of hydrogen-bond acceptors (Lipinski definition) is 2. The second-order valence-corrected chi connectivity index (χ2v) is 53.5. The molecule has 5 aromatic rings. The minimum atomic E-state index is -2.22. The van der Waals surface area contributed by atoms with Crippen molar-refractivity contribution in [1.29, 1.82) is 0 Å². The topological polar surface area (TPSA) is 9.86 Å². The van der Waals surface area contributed by atoms with Gasteiger partial charge in [0, 0.05) is 0 Å². The predicted octanol–water partition coefficient (Wildman–Crippen LogP) is 18.1. The molecule has 0 spiro atoms. The fraction of sp³-hybridized carbons (Fsp3) is 0.731. The van der Waals surface area contributed by atoms with Gasteiger partial charge in [-0.1, -0.05) is 104 Å². The van der Waals surface area contributed by atoms with Crippen LogP contribution in [0.3, 0.4) is 0 Å². The summed E-state index contributed by atoms with van der Waals surface area (Å²) in [7, 11) is 0. The van der Waals surface area contributed by atoms with Gasteiger partial charge in [0.1, 0.15) is 0 Å². The molecule has 0 unspecified atom stereocenters. The van der Waals surface area contributed by atoms with Crippen LogP contribution in [0.5, 0.6) is 0 Å². The first-order chi connectivity index (χ1) is 28.0. The Morgan fingerprint density at radius 2 is 0.603 bits per heavy atom. The zero-order valence-electron chi connectivity index (χ0n) is 39.2. The third-order valence-electron chi connectivity index (χ3n) is 13.1. The molecule has 0 saturated heterocycles. The van der Waals surface area contributed by atoms with Crippen LogP contribution in [-0.4, -0.2) is 45.9 Å². The summed E-state index contributed by atoms with van der Waals surface area (Å²) in [6, 6.07) is 10.6. The van der Waals surface area contributed by atoms with Gasteiger partial charge in [-0.25, -0.2) is 0 Å². The summed E-state index contributed by atoms with van der Waals surface area (Å²) < 4.78 is 12.2. The average molecular weight is 1040 g/mol. The van der Waals surface area contributed by atoms with Gasteiger partial charge in [0.25, 0.3) is 0 Å². The number of rotatable bonds is 32. The van der Waals surface area contributed by atoms with Crippen molar-refractivity contribution in [3.63, 3.8) is 0 Å². The van der Waals surface area contributed by atoms with Gasteiger partial charge in [0.15, 0.2) is 0 Å². The van der Waals surface area contributed by atoms with Crippen LogP contribution >= 0.6 is 22.7 Å². The molecule has 58 heavy (non-hydrogen) atoms. The van der Waals surface area contributed by atoms with Crippen LogP contribution in [-0.2, 0) is 13.1 Å². The van der Waals surface area contributed by atoms with Crippen molar-refractivity contribution in [2.45, 2.75) is 236 Å². The Kier molecular flexibility index (Phi) is 21.2. The van der Waals surface area contributed by atoms with E-state index in [-0.39, 0.29) is 0 Å². The van der Waals surface area contributed by atoms with Crippen molar-refractivity contribution in [2.24, 2.45) is 0 Å². The summed E-state index contributed by atoms with van der Waals surface area (Å²) in [5, 5.41) is 3.06. The molecule has 0 saturated carbocycles. The molecule has 0 amide bonds. The van der Waals surface area contributed by atoms with E-state index in [4.69, 9.17) is 0 Å². The molecular formula is C52H88N2S2Sn2. The summed E-state index contributed by atoms with van der Waals surface area (Å²) in [4.78, 5) is 15.6. The Balaban J connectivity index is 1.23. The van der Waals surface area contributed by atoms with E-state index in [9.17, 15) is 0 Å². The first-order valence-corrected chi connectivity index (χ1v) is 46.7. The predicted molar refractivity (Wildman–Crippen MR) is 275 cm³/mol. The average Bonchev–Trinajstić information content (AvgIpc) is 3.95. The Morgan fingerprint density at radius 1 is 0.345 bits per heavy atom. The molecule has 0 aliphatic rings. The van der Waals surface area contributed by atoms with Crippen LogP contribution in [0.1, 0.15) is 194 Å². The van der Waals surface area contributed by atoms with Crippen LogP contribution in [0.25, 0.3) is 42.2 Å². The maximum atomic E-state index is 2.77. The van der Waals surface area contributed by atoms with Crippen LogP contribution < -0.4 is 5.79 Å². The maximum absolute atomic E-state index is 2.77. The van der Waals surface area contributed by atoms with E-state index in [0.717, 1.165) is 13.1 Å². The van der Waals surface area contributed by atoms with E-state index in [1.165, 1.54) is 213 Å². The summed E-state index contributed by atoms with van der Waals surface area (Å²) in [5.41, 5.74) is 6.08. The van der Waals surface area contributed by atoms with Gasteiger partial charge in [-0.15, -0.1) is 0 Å². The van der Waals surface area contributed by atoms with Crippen LogP contribution in [0.2, 0.25) is 29.6 Å². The van der Waals surface area contributed by atoms with E-state index in [1.807, 2.05) is 0 Å². The zero-order valence-corrected chi connectivity index (χ0v) is 46.6. The molecule has 4 heterocycles. The number of nitrogens with zero attached hydrogens (tertiary/aromatic N) is 2. The molecule has 0 radical (unpaired) electrons. The van der Waals surface area contributed by atoms with Gasteiger partial charge in [-0.2, -0.15) is 0 Å². The fourth-order valence-electron chi connectivity index (χ4n) is 9.35. The number of aryl methyl sites for hydroxylation is 2. The van der Waals surface area contributed by atoms with Crippen molar-refractivity contribution >= 4 is 107 Å².